The number of nitrogens with one attached hydrogen (secondary N) is 1. The van der Waals surface area contributed by atoms with Crippen molar-refractivity contribution in [3.63, 3.8) is 0 Å². The van der Waals surface area contributed by atoms with Crippen molar-refractivity contribution >= 4 is 17.5 Å². The third kappa shape index (κ3) is 3.66. The number of benzene rings is 2. The molecule has 154 valence electrons. The molecule has 4 rings (SSSR count). The van der Waals surface area contributed by atoms with Gasteiger partial charge in [-0.05, 0) is 43.2 Å². The Balaban J connectivity index is 1.53. The molecule has 0 saturated carbocycles. The lowest BCUT2D eigenvalue weighted by Gasteiger charge is -2.15. The van der Waals surface area contributed by atoms with E-state index in [-0.39, 0.29) is 23.1 Å². The molecule has 1 aromatic heterocycles. The van der Waals surface area contributed by atoms with Crippen LogP contribution in [0.2, 0.25) is 0 Å². The van der Waals surface area contributed by atoms with Crippen LogP contribution in [-0.2, 0) is 18.4 Å². The van der Waals surface area contributed by atoms with Gasteiger partial charge in [0.25, 0.3) is 11.5 Å². The molecule has 1 N–H and O–H groups in total. The summed E-state index contributed by atoms with van der Waals surface area (Å²) in [4.78, 5) is 39.3. The summed E-state index contributed by atoms with van der Waals surface area (Å²) in [5.74, 6) is -0.170. The van der Waals surface area contributed by atoms with Crippen LogP contribution in [0.15, 0.2) is 59.4 Å². The van der Waals surface area contributed by atoms with Gasteiger partial charge in [0.1, 0.15) is 5.69 Å². The molecule has 7 heteroatoms. The molecule has 0 spiro atoms. The van der Waals surface area contributed by atoms with Gasteiger partial charge in [-0.2, -0.15) is 0 Å². The SMILES string of the molecule is Cc1c(NC(=O)c2ccc(CN3CCCC3=O)cc2)c(=O)n(-c2ccccc2)n1C. The zero-order valence-corrected chi connectivity index (χ0v) is 17.1. The lowest BCUT2D eigenvalue weighted by Crippen LogP contribution is -2.24. The van der Waals surface area contributed by atoms with E-state index in [1.54, 1.807) is 30.8 Å². The Bertz CT molecular complexity index is 1140. The zero-order valence-electron chi connectivity index (χ0n) is 17.1. The van der Waals surface area contributed by atoms with E-state index in [0.29, 0.717) is 24.2 Å². The van der Waals surface area contributed by atoms with Gasteiger partial charge in [-0.25, -0.2) is 4.68 Å². The second-order valence-corrected chi connectivity index (χ2v) is 7.51. The first-order valence-electron chi connectivity index (χ1n) is 9.98. The predicted molar refractivity (Wildman–Crippen MR) is 115 cm³/mol. The summed E-state index contributed by atoms with van der Waals surface area (Å²) in [6.45, 7) is 3.13. The Labute approximate surface area is 174 Å². The van der Waals surface area contributed by atoms with Gasteiger partial charge in [-0.15, -0.1) is 0 Å². The molecule has 0 bridgehead atoms. The zero-order chi connectivity index (χ0) is 21.3. The third-order valence-electron chi connectivity index (χ3n) is 5.55. The quantitative estimate of drug-likeness (QED) is 0.710. The predicted octanol–water partition coefficient (Wildman–Crippen LogP) is 2.86. The Morgan fingerprint density at radius 2 is 1.73 bits per heavy atom. The second-order valence-electron chi connectivity index (χ2n) is 7.51. The highest BCUT2D eigenvalue weighted by atomic mass is 16.2. The van der Waals surface area contributed by atoms with Crippen LogP contribution < -0.4 is 10.9 Å². The van der Waals surface area contributed by atoms with Crippen molar-refractivity contribution < 1.29 is 9.59 Å². The van der Waals surface area contributed by atoms with E-state index < -0.39 is 0 Å². The number of amides is 2. The molecule has 2 amide bonds. The van der Waals surface area contributed by atoms with Crippen molar-refractivity contribution in [2.45, 2.75) is 26.3 Å². The molecule has 0 unspecified atom stereocenters. The highest BCUT2D eigenvalue weighted by Gasteiger charge is 2.21. The van der Waals surface area contributed by atoms with Crippen LogP contribution in [0, 0.1) is 6.92 Å². The van der Waals surface area contributed by atoms with Gasteiger partial charge in [0, 0.05) is 32.1 Å². The summed E-state index contributed by atoms with van der Waals surface area (Å²) in [6.07, 6.45) is 1.51. The number of hydrogen-bond acceptors (Lipinski definition) is 3. The van der Waals surface area contributed by atoms with E-state index in [2.05, 4.69) is 5.32 Å². The normalized spacial score (nSPS) is 13.7. The van der Waals surface area contributed by atoms with Gasteiger partial charge in [-0.1, -0.05) is 30.3 Å². The molecular formula is C23H24N4O3. The fraction of sp³-hybridized carbons (Fsp3) is 0.261. The maximum absolute atomic E-state index is 12.9. The van der Waals surface area contributed by atoms with Gasteiger partial charge in [0.15, 0.2) is 0 Å². The average Bonchev–Trinajstić information content (AvgIpc) is 3.25. The molecule has 1 saturated heterocycles. The molecule has 2 heterocycles. The minimum atomic E-state index is -0.343. The Morgan fingerprint density at radius 3 is 2.37 bits per heavy atom. The number of carbonyl (C=O) groups is 2. The third-order valence-corrected chi connectivity index (χ3v) is 5.55. The van der Waals surface area contributed by atoms with Crippen molar-refractivity contribution in [2.75, 3.05) is 11.9 Å². The summed E-state index contributed by atoms with van der Waals surface area (Å²) < 4.78 is 3.25. The van der Waals surface area contributed by atoms with E-state index in [0.717, 1.165) is 24.2 Å². The monoisotopic (exact) mass is 404 g/mol. The highest BCUT2D eigenvalue weighted by Crippen LogP contribution is 2.17. The van der Waals surface area contributed by atoms with Gasteiger partial charge in [0.05, 0.1) is 11.4 Å². The molecule has 0 atom stereocenters. The number of aromatic nitrogens is 2. The summed E-state index contributed by atoms with van der Waals surface area (Å²) in [6, 6.07) is 16.4. The van der Waals surface area contributed by atoms with Gasteiger partial charge >= 0.3 is 0 Å². The Kier molecular flexibility index (Phi) is 5.27. The lowest BCUT2D eigenvalue weighted by molar-refractivity contribution is -0.128. The largest absolute Gasteiger partial charge is 0.338 e. The number of hydrogen-bond donors (Lipinski definition) is 1. The molecule has 7 nitrogen and oxygen atoms in total. The standard InChI is InChI=1S/C23H24N4O3/c1-16-21(23(30)27(25(16)2)19-7-4-3-5-8-19)24-22(29)18-12-10-17(11-13-18)15-26-14-6-9-20(26)28/h3-5,7-8,10-13H,6,9,14-15H2,1-2H3,(H,24,29). The number of anilines is 1. The summed E-state index contributed by atoms with van der Waals surface area (Å²) in [5, 5.41) is 2.77. The molecule has 1 aliphatic heterocycles. The van der Waals surface area contributed by atoms with E-state index in [1.165, 1.54) is 4.68 Å². The van der Waals surface area contributed by atoms with E-state index in [1.807, 2.05) is 47.4 Å². The molecule has 1 fully saturated rings. The highest BCUT2D eigenvalue weighted by molar-refractivity contribution is 6.04. The van der Waals surface area contributed by atoms with Crippen LogP contribution in [0.4, 0.5) is 5.69 Å². The van der Waals surface area contributed by atoms with Crippen molar-refractivity contribution in [3.05, 3.63) is 81.8 Å². The number of carbonyl (C=O) groups excluding carboxylic acids is 2. The first-order valence-corrected chi connectivity index (χ1v) is 9.98. The van der Waals surface area contributed by atoms with Gasteiger partial charge in [-0.3, -0.25) is 19.1 Å². The minimum Gasteiger partial charge on any atom is -0.338 e. The Hall–Kier alpha value is -3.61. The van der Waals surface area contributed by atoms with E-state index in [4.69, 9.17) is 0 Å². The molecule has 30 heavy (non-hydrogen) atoms. The van der Waals surface area contributed by atoms with Crippen molar-refractivity contribution in [1.82, 2.24) is 14.3 Å². The topological polar surface area (TPSA) is 76.3 Å². The summed E-state index contributed by atoms with van der Waals surface area (Å²) in [7, 11) is 1.79. The van der Waals surface area contributed by atoms with Gasteiger partial charge < -0.3 is 10.2 Å². The maximum Gasteiger partial charge on any atom is 0.295 e. The number of rotatable bonds is 5. The number of nitrogens with zero attached hydrogens (tertiary/aromatic N) is 3. The smallest absolute Gasteiger partial charge is 0.295 e. The van der Waals surface area contributed by atoms with E-state index >= 15 is 0 Å². The van der Waals surface area contributed by atoms with Crippen LogP contribution in [0.3, 0.4) is 0 Å². The van der Waals surface area contributed by atoms with Crippen LogP contribution in [0.25, 0.3) is 5.69 Å². The second kappa shape index (κ2) is 8.02. The molecule has 2 aromatic carbocycles. The minimum absolute atomic E-state index is 0.172. The van der Waals surface area contributed by atoms with Gasteiger partial charge in [0.2, 0.25) is 5.91 Å². The molecule has 0 aliphatic carbocycles. The number of likely N-dealkylation sites (tertiary alicyclic amines) is 1. The fourth-order valence-electron chi connectivity index (χ4n) is 3.75. The lowest BCUT2D eigenvalue weighted by atomic mass is 10.1. The van der Waals surface area contributed by atoms with Crippen LogP contribution in [-0.4, -0.2) is 32.6 Å². The fourth-order valence-corrected chi connectivity index (χ4v) is 3.75. The average molecular weight is 404 g/mol. The molecule has 1 aliphatic rings. The Morgan fingerprint density at radius 1 is 1.03 bits per heavy atom. The van der Waals surface area contributed by atoms with Crippen molar-refractivity contribution in [1.29, 1.82) is 0 Å². The van der Waals surface area contributed by atoms with Crippen molar-refractivity contribution in [2.24, 2.45) is 7.05 Å². The van der Waals surface area contributed by atoms with Crippen molar-refractivity contribution in [3.8, 4) is 5.69 Å². The first-order chi connectivity index (χ1) is 14.5. The molecule has 0 radical (unpaired) electrons. The van der Waals surface area contributed by atoms with E-state index in [9.17, 15) is 14.4 Å². The molecular weight excluding hydrogens is 380 g/mol. The maximum atomic E-state index is 12.9. The summed E-state index contributed by atoms with van der Waals surface area (Å²) >= 11 is 0. The van der Waals surface area contributed by atoms with Crippen LogP contribution in [0.1, 0.15) is 34.5 Å². The van der Waals surface area contributed by atoms with Crippen LogP contribution >= 0.6 is 0 Å². The first kappa shape index (κ1) is 19.7. The number of para-hydroxylation sites is 1. The molecule has 3 aromatic rings. The van der Waals surface area contributed by atoms with Crippen LogP contribution in [0.5, 0.6) is 0 Å². The summed E-state index contributed by atoms with van der Waals surface area (Å²) in [5.41, 5.74) is 2.82.